The molecule has 0 aromatic heterocycles. The average Bonchev–Trinajstić information content (AvgIpc) is 2.83. The standard InChI is InChI=1S/C25H26N2O5S/c1-3-31-22-14-13-20(15-18(22)2)33(29,30)27-17-24(32-23-12-8-7-11-21(23)27)25(28)26-16-19-9-5-4-6-10-19/h4-15,24H,3,16-17H2,1-2H3,(H,26,28)/t24-/m0/s1. The first-order valence-electron chi connectivity index (χ1n) is 10.7. The normalized spacial score (nSPS) is 15.3. The average molecular weight is 467 g/mol. The molecule has 3 aromatic rings. The Hall–Kier alpha value is -3.52. The minimum absolute atomic E-state index is 0.128. The molecule has 0 bridgehead atoms. The smallest absolute Gasteiger partial charge is 0.264 e. The van der Waals surface area contributed by atoms with Crippen molar-refractivity contribution < 1.29 is 22.7 Å². The van der Waals surface area contributed by atoms with E-state index in [1.165, 1.54) is 10.4 Å². The molecule has 4 rings (SSSR count). The summed E-state index contributed by atoms with van der Waals surface area (Å²) in [4.78, 5) is 13.0. The number of para-hydroxylation sites is 2. The van der Waals surface area contributed by atoms with Gasteiger partial charge in [0.15, 0.2) is 6.10 Å². The van der Waals surface area contributed by atoms with Crippen LogP contribution in [0.1, 0.15) is 18.1 Å². The highest BCUT2D eigenvalue weighted by Crippen LogP contribution is 2.37. The Kier molecular flexibility index (Phi) is 6.55. The molecule has 3 aromatic carbocycles. The second-order valence-electron chi connectivity index (χ2n) is 7.67. The monoisotopic (exact) mass is 466 g/mol. The summed E-state index contributed by atoms with van der Waals surface area (Å²) in [5.41, 5.74) is 2.06. The lowest BCUT2D eigenvalue weighted by Gasteiger charge is -2.34. The second-order valence-corrected chi connectivity index (χ2v) is 9.54. The summed E-state index contributed by atoms with van der Waals surface area (Å²) >= 11 is 0. The van der Waals surface area contributed by atoms with E-state index in [4.69, 9.17) is 9.47 Å². The maximum atomic E-state index is 13.6. The van der Waals surface area contributed by atoms with E-state index in [9.17, 15) is 13.2 Å². The van der Waals surface area contributed by atoms with Crippen molar-refractivity contribution in [3.63, 3.8) is 0 Å². The van der Waals surface area contributed by atoms with Crippen LogP contribution in [0.15, 0.2) is 77.7 Å². The van der Waals surface area contributed by atoms with Crippen LogP contribution in [0, 0.1) is 6.92 Å². The zero-order chi connectivity index (χ0) is 23.4. The number of amides is 1. The van der Waals surface area contributed by atoms with E-state index in [-0.39, 0.29) is 17.3 Å². The molecule has 7 nitrogen and oxygen atoms in total. The number of anilines is 1. The summed E-state index contributed by atoms with van der Waals surface area (Å²) in [7, 11) is -3.95. The van der Waals surface area contributed by atoms with E-state index in [1.807, 2.05) is 37.3 Å². The zero-order valence-electron chi connectivity index (χ0n) is 18.5. The first kappa shape index (κ1) is 22.7. The zero-order valence-corrected chi connectivity index (χ0v) is 19.3. The van der Waals surface area contributed by atoms with Gasteiger partial charge in [0.1, 0.15) is 11.5 Å². The number of rotatable bonds is 7. The summed E-state index contributed by atoms with van der Waals surface area (Å²) in [6, 6.07) is 21.1. The summed E-state index contributed by atoms with van der Waals surface area (Å²) in [6.45, 7) is 4.36. The predicted molar refractivity (Wildman–Crippen MR) is 126 cm³/mol. The van der Waals surface area contributed by atoms with Gasteiger partial charge in [-0.15, -0.1) is 0 Å². The molecule has 1 aliphatic rings. The highest BCUT2D eigenvalue weighted by molar-refractivity contribution is 7.92. The van der Waals surface area contributed by atoms with Crippen LogP contribution >= 0.6 is 0 Å². The van der Waals surface area contributed by atoms with E-state index in [2.05, 4.69) is 5.32 Å². The maximum Gasteiger partial charge on any atom is 0.264 e. The molecular weight excluding hydrogens is 440 g/mol. The van der Waals surface area contributed by atoms with Gasteiger partial charge in [-0.2, -0.15) is 0 Å². The van der Waals surface area contributed by atoms with Crippen LogP contribution in [0.4, 0.5) is 5.69 Å². The summed E-state index contributed by atoms with van der Waals surface area (Å²) < 4.78 is 39.9. The fourth-order valence-corrected chi connectivity index (χ4v) is 5.25. The third-order valence-corrected chi connectivity index (χ3v) is 7.15. The fraction of sp³-hybridized carbons (Fsp3) is 0.240. The number of fused-ring (bicyclic) bond motifs is 1. The molecular formula is C25H26N2O5S. The van der Waals surface area contributed by atoms with Crippen molar-refractivity contribution in [1.82, 2.24) is 5.32 Å². The van der Waals surface area contributed by atoms with E-state index in [0.29, 0.717) is 30.3 Å². The lowest BCUT2D eigenvalue weighted by atomic mass is 10.2. The Labute approximate surface area is 194 Å². The molecule has 1 heterocycles. The molecule has 1 N–H and O–H groups in total. The van der Waals surface area contributed by atoms with Crippen LogP contribution < -0.4 is 19.1 Å². The van der Waals surface area contributed by atoms with Crippen molar-refractivity contribution in [1.29, 1.82) is 0 Å². The summed E-state index contributed by atoms with van der Waals surface area (Å²) in [6.07, 6.45) is -0.984. The SMILES string of the molecule is CCOc1ccc(S(=O)(=O)N2C[C@@H](C(=O)NCc3ccccc3)Oc3ccccc32)cc1C. The Bertz CT molecular complexity index is 1240. The molecule has 0 unspecified atom stereocenters. The van der Waals surface area contributed by atoms with Crippen LogP contribution in [0.25, 0.3) is 0 Å². The highest BCUT2D eigenvalue weighted by Gasteiger charge is 2.37. The van der Waals surface area contributed by atoms with Crippen molar-refractivity contribution in [3.05, 3.63) is 83.9 Å². The van der Waals surface area contributed by atoms with Gasteiger partial charge in [-0.25, -0.2) is 8.42 Å². The number of benzene rings is 3. The number of sulfonamides is 1. The summed E-state index contributed by atoms with van der Waals surface area (Å²) in [5, 5.41) is 2.84. The van der Waals surface area contributed by atoms with Crippen LogP contribution in [0.5, 0.6) is 11.5 Å². The van der Waals surface area contributed by atoms with Gasteiger partial charge in [0.2, 0.25) is 0 Å². The lowest BCUT2D eigenvalue weighted by molar-refractivity contribution is -0.127. The van der Waals surface area contributed by atoms with Gasteiger partial charge in [-0.3, -0.25) is 9.10 Å². The topological polar surface area (TPSA) is 84.9 Å². The lowest BCUT2D eigenvalue weighted by Crippen LogP contribution is -2.50. The first-order valence-corrected chi connectivity index (χ1v) is 12.2. The molecule has 1 atom stereocenters. The second kappa shape index (κ2) is 9.54. The number of carbonyl (C=O) groups is 1. The van der Waals surface area contributed by atoms with Crippen LogP contribution in [-0.4, -0.2) is 33.6 Å². The van der Waals surface area contributed by atoms with Gasteiger partial charge in [-0.1, -0.05) is 42.5 Å². The Morgan fingerprint density at radius 2 is 1.82 bits per heavy atom. The van der Waals surface area contributed by atoms with Crippen molar-refractivity contribution in [2.45, 2.75) is 31.4 Å². The minimum Gasteiger partial charge on any atom is -0.494 e. The largest absolute Gasteiger partial charge is 0.494 e. The predicted octanol–water partition coefficient (Wildman–Crippen LogP) is 3.67. The third-order valence-electron chi connectivity index (χ3n) is 5.37. The fourth-order valence-electron chi connectivity index (χ4n) is 3.69. The number of carbonyl (C=O) groups excluding carboxylic acids is 1. The molecule has 0 spiro atoms. The molecule has 1 amide bonds. The molecule has 0 saturated carbocycles. The van der Waals surface area contributed by atoms with Crippen LogP contribution in [0.3, 0.4) is 0 Å². The van der Waals surface area contributed by atoms with E-state index in [0.717, 1.165) is 11.1 Å². The van der Waals surface area contributed by atoms with Gasteiger partial charge < -0.3 is 14.8 Å². The Morgan fingerprint density at radius 1 is 1.09 bits per heavy atom. The Morgan fingerprint density at radius 3 is 2.55 bits per heavy atom. The van der Waals surface area contributed by atoms with Gasteiger partial charge >= 0.3 is 0 Å². The van der Waals surface area contributed by atoms with Gasteiger partial charge in [0, 0.05) is 6.54 Å². The molecule has 0 radical (unpaired) electrons. The molecule has 0 fully saturated rings. The van der Waals surface area contributed by atoms with E-state index >= 15 is 0 Å². The van der Waals surface area contributed by atoms with Gasteiger partial charge in [0.25, 0.3) is 15.9 Å². The van der Waals surface area contributed by atoms with Crippen molar-refractivity contribution in [2.75, 3.05) is 17.5 Å². The number of nitrogens with zero attached hydrogens (tertiary/aromatic N) is 1. The molecule has 172 valence electrons. The molecule has 8 heteroatoms. The number of hydrogen-bond acceptors (Lipinski definition) is 5. The van der Waals surface area contributed by atoms with E-state index in [1.54, 1.807) is 43.3 Å². The van der Waals surface area contributed by atoms with Crippen molar-refractivity contribution in [3.8, 4) is 11.5 Å². The van der Waals surface area contributed by atoms with Gasteiger partial charge in [-0.05, 0) is 55.3 Å². The van der Waals surface area contributed by atoms with Crippen molar-refractivity contribution in [2.24, 2.45) is 0 Å². The third kappa shape index (κ3) is 4.80. The molecule has 0 aliphatic carbocycles. The first-order chi connectivity index (χ1) is 15.9. The molecule has 0 saturated heterocycles. The van der Waals surface area contributed by atoms with Crippen molar-refractivity contribution >= 4 is 21.6 Å². The van der Waals surface area contributed by atoms with Crippen LogP contribution in [-0.2, 0) is 21.4 Å². The highest BCUT2D eigenvalue weighted by atomic mass is 32.2. The number of aryl methyl sites for hydroxylation is 1. The molecule has 1 aliphatic heterocycles. The van der Waals surface area contributed by atoms with E-state index < -0.39 is 16.1 Å². The number of ether oxygens (including phenoxy) is 2. The maximum absolute atomic E-state index is 13.6. The number of hydrogen-bond donors (Lipinski definition) is 1. The minimum atomic E-state index is -3.95. The number of nitrogens with one attached hydrogen (secondary N) is 1. The summed E-state index contributed by atoms with van der Waals surface area (Å²) in [5.74, 6) is 0.600. The Balaban J connectivity index is 1.61. The van der Waals surface area contributed by atoms with Gasteiger partial charge in [0.05, 0.1) is 23.7 Å². The van der Waals surface area contributed by atoms with Crippen LogP contribution in [0.2, 0.25) is 0 Å². The quantitative estimate of drug-likeness (QED) is 0.574. The molecule has 33 heavy (non-hydrogen) atoms.